The fraction of sp³-hybridized carbons (Fsp3) is 0.250. The molecular formula is C8H5ClF4O. The maximum atomic E-state index is 12.9. The van der Waals surface area contributed by atoms with Crippen LogP contribution in [0.5, 0.6) is 0 Å². The maximum Gasteiger partial charge on any atom is 0.419 e. The fourth-order valence-electron chi connectivity index (χ4n) is 0.943. The smallest absolute Gasteiger partial charge is 0.392 e. The standard InChI is InChI=1S/C8H5ClF4O/c9-6-2-4(3-14)1-5(7(6)10)8(11,12)13/h1-2,14H,3H2. The van der Waals surface area contributed by atoms with Crippen LogP contribution in [0.2, 0.25) is 5.02 Å². The number of benzene rings is 1. The maximum absolute atomic E-state index is 12.9. The van der Waals surface area contributed by atoms with Crippen LogP contribution in [-0.2, 0) is 12.8 Å². The highest BCUT2D eigenvalue weighted by Gasteiger charge is 2.35. The molecule has 0 aromatic heterocycles. The molecule has 0 amide bonds. The molecule has 0 atom stereocenters. The van der Waals surface area contributed by atoms with Gasteiger partial charge in [-0.25, -0.2) is 4.39 Å². The number of rotatable bonds is 1. The Balaban J connectivity index is 3.35. The highest BCUT2D eigenvalue weighted by Crippen LogP contribution is 2.34. The molecule has 0 spiro atoms. The first kappa shape index (κ1) is 11.3. The topological polar surface area (TPSA) is 20.2 Å². The Morgan fingerprint density at radius 1 is 1.29 bits per heavy atom. The highest BCUT2D eigenvalue weighted by atomic mass is 35.5. The Morgan fingerprint density at radius 2 is 1.86 bits per heavy atom. The third kappa shape index (κ3) is 2.16. The lowest BCUT2D eigenvalue weighted by atomic mass is 10.1. The van der Waals surface area contributed by atoms with E-state index in [1.54, 1.807) is 0 Å². The van der Waals surface area contributed by atoms with Gasteiger partial charge < -0.3 is 5.11 Å². The summed E-state index contributed by atoms with van der Waals surface area (Å²) in [6, 6.07) is 1.48. The van der Waals surface area contributed by atoms with Gasteiger partial charge in [-0.2, -0.15) is 13.2 Å². The fourth-order valence-corrected chi connectivity index (χ4v) is 1.18. The summed E-state index contributed by atoms with van der Waals surface area (Å²) in [4.78, 5) is 0. The molecule has 14 heavy (non-hydrogen) atoms. The van der Waals surface area contributed by atoms with Gasteiger partial charge in [0.1, 0.15) is 0 Å². The van der Waals surface area contributed by atoms with Crippen molar-refractivity contribution in [3.8, 4) is 0 Å². The van der Waals surface area contributed by atoms with Crippen LogP contribution in [0.15, 0.2) is 12.1 Å². The SMILES string of the molecule is OCc1cc(Cl)c(F)c(C(F)(F)F)c1. The van der Waals surface area contributed by atoms with Gasteiger partial charge in [-0.3, -0.25) is 0 Å². The van der Waals surface area contributed by atoms with E-state index in [-0.39, 0.29) is 5.56 Å². The number of hydrogen-bond acceptors (Lipinski definition) is 1. The van der Waals surface area contributed by atoms with E-state index in [2.05, 4.69) is 0 Å². The molecule has 0 fully saturated rings. The van der Waals surface area contributed by atoms with Crippen molar-refractivity contribution in [2.45, 2.75) is 12.8 Å². The molecule has 0 radical (unpaired) electrons. The Bertz CT molecular complexity index is 348. The quantitative estimate of drug-likeness (QED) is 0.733. The second kappa shape index (κ2) is 3.74. The first-order valence-corrected chi connectivity index (χ1v) is 3.90. The van der Waals surface area contributed by atoms with E-state index in [0.29, 0.717) is 6.07 Å². The second-order valence-electron chi connectivity index (χ2n) is 2.60. The Morgan fingerprint density at radius 3 is 2.29 bits per heavy atom. The van der Waals surface area contributed by atoms with Crippen LogP contribution < -0.4 is 0 Å². The van der Waals surface area contributed by atoms with Gasteiger partial charge in [-0.1, -0.05) is 11.6 Å². The number of halogens is 5. The van der Waals surface area contributed by atoms with Gasteiger partial charge in [0.2, 0.25) is 0 Å². The lowest BCUT2D eigenvalue weighted by Crippen LogP contribution is -2.09. The van der Waals surface area contributed by atoms with E-state index in [0.717, 1.165) is 6.07 Å². The van der Waals surface area contributed by atoms with E-state index in [4.69, 9.17) is 16.7 Å². The van der Waals surface area contributed by atoms with Crippen molar-refractivity contribution in [3.63, 3.8) is 0 Å². The van der Waals surface area contributed by atoms with E-state index in [1.807, 2.05) is 0 Å². The number of alkyl halides is 3. The zero-order valence-electron chi connectivity index (χ0n) is 6.70. The summed E-state index contributed by atoms with van der Waals surface area (Å²) < 4.78 is 49.4. The van der Waals surface area contributed by atoms with Gasteiger partial charge in [0.15, 0.2) is 5.82 Å². The van der Waals surface area contributed by atoms with Crippen molar-refractivity contribution in [2.75, 3.05) is 0 Å². The largest absolute Gasteiger partial charge is 0.419 e. The molecular weight excluding hydrogens is 224 g/mol. The summed E-state index contributed by atoms with van der Waals surface area (Å²) in [5.74, 6) is -1.52. The van der Waals surface area contributed by atoms with Crippen molar-refractivity contribution in [1.29, 1.82) is 0 Å². The third-order valence-electron chi connectivity index (χ3n) is 1.58. The van der Waals surface area contributed by atoms with Crippen LogP contribution in [0.3, 0.4) is 0 Å². The zero-order valence-corrected chi connectivity index (χ0v) is 7.45. The minimum Gasteiger partial charge on any atom is -0.392 e. The van der Waals surface area contributed by atoms with E-state index in [9.17, 15) is 17.6 Å². The van der Waals surface area contributed by atoms with Gasteiger partial charge >= 0.3 is 6.18 Å². The second-order valence-corrected chi connectivity index (χ2v) is 3.00. The summed E-state index contributed by atoms with van der Waals surface area (Å²) in [5.41, 5.74) is -1.54. The summed E-state index contributed by atoms with van der Waals surface area (Å²) in [7, 11) is 0. The Kier molecular flexibility index (Phi) is 3.01. The molecule has 1 nitrogen and oxygen atoms in total. The molecule has 1 aromatic rings. The summed E-state index contributed by atoms with van der Waals surface area (Å²) in [6.45, 7) is -0.622. The van der Waals surface area contributed by atoms with Crippen LogP contribution in [0, 0.1) is 5.82 Å². The molecule has 78 valence electrons. The minimum atomic E-state index is -4.81. The predicted octanol–water partition coefficient (Wildman–Crippen LogP) is 2.99. The van der Waals surface area contributed by atoms with Gasteiger partial charge in [-0.05, 0) is 17.7 Å². The van der Waals surface area contributed by atoms with E-state index < -0.39 is 29.2 Å². The molecule has 0 aliphatic carbocycles. The molecule has 1 aromatic carbocycles. The van der Waals surface area contributed by atoms with Crippen LogP contribution in [0.25, 0.3) is 0 Å². The van der Waals surface area contributed by atoms with Gasteiger partial charge in [0, 0.05) is 0 Å². The van der Waals surface area contributed by atoms with Crippen molar-refractivity contribution in [3.05, 3.63) is 34.1 Å². The molecule has 0 saturated heterocycles. The first-order valence-electron chi connectivity index (χ1n) is 3.52. The molecule has 0 unspecified atom stereocenters. The van der Waals surface area contributed by atoms with Gasteiger partial charge in [-0.15, -0.1) is 0 Å². The Hall–Kier alpha value is -0.810. The molecule has 0 aliphatic rings. The van der Waals surface area contributed by atoms with Crippen molar-refractivity contribution in [2.24, 2.45) is 0 Å². The number of hydrogen-bond donors (Lipinski definition) is 1. The lowest BCUT2D eigenvalue weighted by molar-refractivity contribution is -0.140. The average Bonchev–Trinajstić information content (AvgIpc) is 2.07. The number of aliphatic hydroxyl groups excluding tert-OH is 1. The van der Waals surface area contributed by atoms with Crippen LogP contribution >= 0.6 is 11.6 Å². The molecule has 6 heteroatoms. The average molecular weight is 229 g/mol. The predicted molar refractivity (Wildman–Crippen MR) is 42.3 cm³/mol. The summed E-state index contributed by atoms with van der Waals surface area (Å²) in [6.07, 6.45) is -4.81. The molecule has 0 heterocycles. The molecule has 0 bridgehead atoms. The lowest BCUT2D eigenvalue weighted by Gasteiger charge is -2.10. The Labute approximate surface area is 81.9 Å². The van der Waals surface area contributed by atoms with Gasteiger partial charge in [0.05, 0.1) is 17.2 Å². The number of aliphatic hydroxyl groups is 1. The minimum absolute atomic E-state index is 0.0799. The van der Waals surface area contributed by atoms with Crippen LogP contribution in [0.4, 0.5) is 17.6 Å². The van der Waals surface area contributed by atoms with Crippen molar-refractivity contribution < 1.29 is 22.7 Å². The van der Waals surface area contributed by atoms with E-state index in [1.165, 1.54) is 0 Å². The van der Waals surface area contributed by atoms with Crippen molar-refractivity contribution in [1.82, 2.24) is 0 Å². The molecule has 0 saturated carbocycles. The highest BCUT2D eigenvalue weighted by molar-refractivity contribution is 6.30. The summed E-state index contributed by atoms with van der Waals surface area (Å²) in [5, 5.41) is 7.95. The monoisotopic (exact) mass is 228 g/mol. The normalized spacial score (nSPS) is 11.9. The summed E-state index contributed by atoms with van der Waals surface area (Å²) >= 11 is 5.22. The first-order chi connectivity index (χ1) is 6.36. The van der Waals surface area contributed by atoms with E-state index >= 15 is 0 Å². The van der Waals surface area contributed by atoms with Crippen molar-refractivity contribution >= 4 is 11.6 Å². The molecule has 0 aliphatic heterocycles. The van der Waals surface area contributed by atoms with Crippen LogP contribution in [0.1, 0.15) is 11.1 Å². The molecule has 1 rings (SSSR count). The zero-order chi connectivity index (χ0) is 10.9. The molecule has 1 N–H and O–H groups in total. The third-order valence-corrected chi connectivity index (χ3v) is 1.85. The van der Waals surface area contributed by atoms with Gasteiger partial charge in [0.25, 0.3) is 0 Å². The van der Waals surface area contributed by atoms with Crippen LogP contribution in [-0.4, -0.2) is 5.11 Å².